The summed E-state index contributed by atoms with van der Waals surface area (Å²) in [6, 6.07) is 10.7. The van der Waals surface area contributed by atoms with E-state index >= 15 is 0 Å². The molecular formula is C23H34IN7O2. The van der Waals surface area contributed by atoms with Crippen LogP contribution in [0, 0.1) is 0 Å². The van der Waals surface area contributed by atoms with Crippen LogP contribution in [0.4, 0.5) is 5.69 Å². The summed E-state index contributed by atoms with van der Waals surface area (Å²) in [6.07, 6.45) is 3.61. The van der Waals surface area contributed by atoms with Crippen LogP contribution >= 0.6 is 24.0 Å². The number of aliphatic imine (C=N–C) groups is 1. The molecule has 2 aliphatic rings. The van der Waals surface area contributed by atoms with Crippen molar-refractivity contribution in [3.05, 3.63) is 48.3 Å². The van der Waals surface area contributed by atoms with Gasteiger partial charge in [-0.15, -0.1) is 24.0 Å². The molecule has 1 aromatic carbocycles. The molecule has 33 heavy (non-hydrogen) atoms. The Bertz CT molecular complexity index is 915. The number of aryl methyl sites for hydroxylation is 1. The highest BCUT2D eigenvalue weighted by Crippen LogP contribution is 2.23. The van der Waals surface area contributed by atoms with Gasteiger partial charge < -0.3 is 19.9 Å². The Kier molecular flexibility index (Phi) is 9.51. The van der Waals surface area contributed by atoms with E-state index in [1.807, 2.05) is 19.3 Å². The number of nitrogens with zero attached hydrogens (tertiary/aromatic N) is 6. The molecule has 0 radical (unpaired) electrons. The van der Waals surface area contributed by atoms with Crippen LogP contribution in [0.1, 0.15) is 18.5 Å². The van der Waals surface area contributed by atoms with Gasteiger partial charge in [-0.3, -0.25) is 19.4 Å². The molecule has 9 nitrogen and oxygen atoms in total. The second kappa shape index (κ2) is 12.3. The molecule has 3 heterocycles. The van der Waals surface area contributed by atoms with Crippen molar-refractivity contribution in [2.75, 3.05) is 63.9 Å². The fourth-order valence-electron chi connectivity index (χ4n) is 4.27. The Hall–Kier alpha value is -2.18. The number of amides is 1. The van der Waals surface area contributed by atoms with Gasteiger partial charge in [-0.1, -0.05) is 30.3 Å². The number of nitrogens with one attached hydrogen (secondary N) is 1. The van der Waals surface area contributed by atoms with E-state index in [0.29, 0.717) is 19.6 Å². The van der Waals surface area contributed by atoms with Gasteiger partial charge in [0.15, 0.2) is 5.96 Å². The zero-order valence-corrected chi connectivity index (χ0v) is 21.7. The minimum Gasteiger partial charge on any atom is -0.379 e. The van der Waals surface area contributed by atoms with Crippen molar-refractivity contribution in [2.45, 2.75) is 13.0 Å². The quantitative estimate of drug-likeness (QED) is 0.326. The maximum atomic E-state index is 12.9. The molecule has 2 aromatic rings. The number of morpholine rings is 1. The number of hydrogen-bond acceptors (Lipinski definition) is 5. The van der Waals surface area contributed by atoms with Gasteiger partial charge in [0, 0.05) is 46.0 Å². The van der Waals surface area contributed by atoms with Gasteiger partial charge in [0.2, 0.25) is 5.91 Å². The number of rotatable bonds is 6. The Morgan fingerprint density at radius 1 is 1.18 bits per heavy atom. The van der Waals surface area contributed by atoms with Crippen molar-refractivity contribution in [2.24, 2.45) is 12.0 Å². The molecule has 2 saturated heterocycles. The number of halogens is 1. The SMILES string of the molecule is CCNC(=NCC(c1ccccc1)N1CCOCC1)N1CCN(c2cnn(C)c2)C(=O)C1.I. The predicted octanol–water partition coefficient (Wildman–Crippen LogP) is 1.73. The molecule has 0 spiro atoms. The molecule has 1 N–H and O–H groups in total. The van der Waals surface area contributed by atoms with E-state index in [4.69, 9.17) is 9.73 Å². The highest BCUT2D eigenvalue weighted by Gasteiger charge is 2.28. The summed E-state index contributed by atoms with van der Waals surface area (Å²) in [5.74, 6) is 0.850. The standard InChI is InChI=1S/C23H33N7O2.HI/c1-3-24-23(29-9-10-30(22(31)18-29)20-15-26-27(2)17-20)25-16-21(19-7-5-4-6-8-19)28-11-13-32-14-12-28;/h4-8,15,17,21H,3,9-14,16,18H2,1-2H3,(H,24,25);1H. The zero-order chi connectivity index (χ0) is 22.3. The number of carbonyl (C=O) groups is 1. The lowest BCUT2D eigenvalue weighted by Gasteiger charge is -2.36. The van der Waals surface area contributed by atoms with Crippen LogP contribution in [0.25, 0.3) is 0 Å². The van der Waals surface area contributed by atoms with Gasteiger partial charge in [0.25, 0.3) is 0 Å². The number of guanidine groups is 1. The van der Waals surface area contributed by atoms with Gasteiger partial charge in [-0.05, 0) is 12.5 Å². The van der Waals surface area contributed by atoms with Crippen molar-refractivity contribution in [3.8, 4) is 0 Å². The first-order valence-corrected chi connectivity index (χ1v) is 11.3. The maximum Gasteiger partial charge on any atom is 0.246 e. The number of hydrogen-bond donors (Lipinski definition) is 1. The van der Waals surface area contributed by atoms with Gasteiger partial charge in [0.1, 0.15) is 6.54 Å². The van der Waals surface area contributed by atoms with E-state index in [1.165, 1.54) is 5.56 Å². The molecule has 0 bridgehead atoms. The van der Waals surface area contributed by atoms with Crippen molar-refractivity contribution < 1.29 is 9.53 Å². The van der Waals surface area contributed by atoms with Crippen LogP contribution in [0.3, 0.4) is 0 Å². The maximum absolute atomic E-state index is 12.9. The molecule has 180 valence electrons. The lowest BCUT2D eigenvalue weighted by molar-refractivity contribution is -0.120. The van der Waals surface area contributed by atoms with Crippen LogP contribution in [0.2, 0.25) is 0 Å². The first-order valence-electron chi connectivity index (χ1n) is 11.3. The van der Waals surface area contributed by atoms with E-state index in [-0.39, 0.29) is 35.9 Å². The Morgan fingerprint density at radius 3 is 2.58 bits per heavy atom. The third-order valence-electron chi connectivity index (χ3n) is 5.94. The Labute approximate surface area is 212 Å². The molecule has 4 rings (SSSR count). The van der Waals surface area contributed by atoms with Gasteiger partial charge >= 0.3 is 0 Å². The number of aromatic nitrogens is 2. The normalized spacial score (nSPS) is 18.7. The molecule has 1 aromatic heterocycles. The van der Waals surface area contributed by atoms with E-state index < -0.39 is 0 Å². The molecule has 1 amide bonds. The number of benzene rings is 1. The topological polar surface area (TPSA) is 78.2 Å². The fraction of sp³-hybridized carbons (Fsp3) is 0.522. The Morgan fingerprint density at radius 2 is 1.94 bits per heavy atom. The first kappa shape index (κ1) is 25.4. The lowest BCUT2D eigenvalue weighted by atomic mass is 10.0. The number of piperazine rings is 1. The van der Waals surface area contributed by atoms with E-state index in [9.17, 15) is 4.79 Å². The minimum atomic E-state index is 0. The highest BCUT2D eigenvalue weighted by atomic mass is 127. The minimum absolute atomic E-state index is 0. The lowest BCUT2D eigenvalue weighted by Crippen LogP contribution is -2.55. The average molecular weight is 567 g/mol. The van der Waals surface area contributed by atoms with Crippen molar-refractivity contribution in [1.82, 2.24) is 24.9 Å². The monoisotopic (exact) mass is 567 g/mol. The van der Waals surface area contributed by atoms with Crippen LogP contribution in [-0.4, -0.2) is 90.5 Å². The predicted molar refractivity (Wildman–Crippen MR) is 140 cm³/mol. The molecule has 2 aliphatic heterocycles. The molecule has 2 fully saturated rings. The van der Waals surface area contributed by atoms with Crippen molar-refractivity contribution in [3.63, 3.8) is 0 Å². The van der Waals surface area contributed by atoms with Gasteiger partial charge in [-0.2, -0.15) is 5.10 Å². The molecule has 0 aliphatic carbocycles. The second-order valence-electron chi connectivity index (χ2n) is 8.11. The fourth-order valence-corrected chi connectivity index (χ4v) is 4.27. The summed E-state index contributed by atoms with van der Waals surface area (Å²) in [6.45, 7) is 8.36. The molecule has 1 unspecified atom stereocenters. The molecule has 0 saturated carbocycles. The number of carbonyl (C=O) groups excluding carboxylic acids is 1. The third-order valence-corrected chi connectivity index (χ3v) is 5.94. The van der Waals surface area contributed by atoms with Gasteiger partial charge in [-0.25, -0.2) is 0 Å². The van der Waals surface area contributed by atoms with Crippen molar-refractivity contribution in [1.29, 1.82) is 0 Å². The summed E-state index contributed by atoms with van der Waals surface area (Å²) in [7, 11) is 1.86. The summed E-state index contributed by atoms with van der Waals surface area (Å²) >= 11 is 0. The van der Waals surface area contributed by atoms with Crippen molar-refractivity contribution >= 4 is 41.5 Å². The third kappa shape index (κ3) is 6.45. The molecule has 1 atom stereocenters. The molecule has 10 heteroatoms. The summed E-state index contributed by atoms with van der Waals surface area (Å²) < 4.78 is 7.28. The molecular weight excluding hydrogens is 533 g/mol. The van der Waals surface area contributed by atoms with Gasteiger partial charge in [0.05, 0.1) is 37.7 Å². The second-order valence-corrected chi connectivity index (χ2v) is 8.11. The zero-order valence-electron chi connectivity index (χ0n) is 19.4. The van der Waals surface area contributed by atoms with Crippen LogP contribution < -0.4 is 10.2 Å². The number of anilines is 1. The summed E-state index contributed by atoms with van der Waals surface area (Å²) in [4.78, 5) is 24.2. The largest absolute Gasteiger partial charge is 0.379 e. The summed E-state index contributed by atoms with van der Waals surface area (Å²) in [5.41, 5.74) is 2.10. The summed E-state index contributed by atoms with van der Waals surface area (Å²) in [5, 5.41) is 7.58. The van der Waals surface area contributed by atoms with Crippen LogP contribution in [0.15, 0.2) is 47.7 Å². The Balaban J connectivity index is 0.00000306. The smallest absolute Gasteiger partial charge is 0.246 e. The van der Waals surface area contributed by atoms with E-state index in [1.54, 1.807) is 15.8 Å². The highest BCUT2D eigenvalue weighted by molar-refractivity contribution is 14.0. The van der Waals surface area contributed by atoms with Crippen LogP contribution in [0.5, 0.6) is 0 Å². The van der Waals surface area contributed by atoms with E-state index in [2.05, 4.69) is 51.4 Å². The average Bonchev–Trinajstić information content (AvgIpc) is 3.25. The number of ether oxygens (including phenoxy) is 1. The van der Waals surface area contributed by atoms with Crippen LogP contribution in [-0.2, 0) is 16.6 Å². The first-order chi connectivity index (χ1) is 15.7. The van der Waals surface area contributed by atoms with E-state index in [0.717, 1.165) is 51.0 Å².